The van der Waals surface area contributed by atoms with Crippen molar-refractivity contribution in [2.45, 2.75) is 6.92 Å². The quantitative estimate of drug-likeness (QED) is 0.304. The lowest BCUT2D eigenvalue weighted by Crippen LogP contribution is -2.47. The average Bonchev–Trinajstić information content (AvgIpc) is 2.92. The Balaban J connectivity index is 0.00000320. The minimum Gasteiger partial charge on any atom is -0.493 e. The Morgan fingerprint density at radius 3 is 2.08 bits per heavy atom. The number of anilines is 2. The Kier molecular flexibility index (Phi) is 7.83. The molecule has 3 aromatic carbocycles. The lowest BCUT2D eigenvalue weighted by atomic mass is 9.98. The maximum atomic E-state index is 13.7. The molecule has 0 saturated carbocycles. The summed E-state index contributed by atoms with van der Waals surface area (Å²) < 4.78 is 24.5. The number of hydrogen-bond acceptors (Lipinski definition) is 6. The van der Waals surface area contributed by atoms with Gasteiger partial charge in [0.15, 0.2) is 17.3 Å². The van der Waals surface area contributed by atoms with Crippen LogP contribution in [0.5, 0.6) is 11.5 Å². The normalized spacial score (nSPS) is 13.3. The van der Waals surface area contributed by atoms with Crippen LogP contribution in [-0.4, -0.2) is 51.2 Å². The number of aryl methyl sites for hydroxylation is 1. The Morgan fingerprint density at radius 1 is 0.865 bits per heavy atom. The zero-order valence-corrected chi connectivity index (χ0v) is 21.8. The Labute approximate surface area is 222 Å². The molecule has 192 valence electrons. The molecule has 4 aromatic rings. The van der Waals surface area contributed by atoms with E-state index in [1.54, 1.807) is 32.5 Å². The van der Waals surface area contributed by atoms with E-state index in [1.807, 2.05) is 43.3 Å². The number of benzene rings is 3. The summed E-state index contributed by atoms with van der Waals surface area (Å²) >= 11 is 0. The second-order valence-electron chi connectivity index (χ2n) is 8.89. The summed E-state index contributed by atoms with van der Waals surface area (Å²) in [6.45, 7) is 4.86. The van der Waals surface area contributed by atoms with Gasteiger partial charge in [0, 0.05) is 55.1 Å². The maximum absolute atomic E-state index is 13.7. The molecule has 0 radical (unpaired) electrons. The van der Waals surface area contributed by atoms with Gasteiger partial charge < -0.3 is 19.3 Å². The highest BCUT2D eigenvalue weighted by molar-refractivity contribution is 6.16. The fourth-order valence-corrected chi connectivity index (χ4v) is 4.71. The van der Waals surface area contributed by atoms with Crippen LogP contribution in [0.4, 0.5) is 15.8 Å². The van der Waals surface area contributed by atoms with Gasteiger partial charge in [0.25, 0.3) is 0 Å². The number of fused-ring (bicyclic) bond motifs is 1. The molecule has 1 aromatic heterocycles. The van der Waals surface area contributed by atoms with Crippen LogP contribution < -0.4 is 19.3 Å². The van der Waals surface area contributed by atoms with Crippen LogP contribution >= 0.6 is 12.4 Å². The van der Waals surface area contributed by atoms with Crippen molar-refractivity contribution in [3.05, 3.63) is 89.4 Å². The Hall–Kier alpha value is -3.84. The second-order valence-corrected chi connectivity index (χ2v) is 8.89. The van der Waals surface area contributed by atoms with Crippen LogP contribution in [0.2, 0.25) is 0 Å². The first-order valence-electron chi connectivity index (χ1n) is 11.9. The molecule has 2 heterocycles. The highest BCUT2D eigenvalue weighted by atomic mass is 35.5. The predicted octanol–water partition coefficient (Wildman–Crippen LogP) is 5.68. The first-order valence-corrected chi connectivity index (χ1v) is 11.9. The molecule has 37 heavy (non-hydrogen) atoms. The van der Waals surface area contributed by atoms with Gasteiger partial charge in [0.05, 0.1) is 31.0 Å². The van der Waals surface area contributed by atoms with E-state index in [9.17, 15) is 9.18 Å². The Bertz CT molecular complexity index is 1400. The molecule has 0 bridgehead atoms. The number of hydrogen-bond donors (Lipinski definition) is 0. The van der Waals surface area contributed by atoms with Crippen molar-refractivity contribution in [2.75, 3.05) is 50.2 Å². The topological polar surface area (TPSA) is 54.9 Å². The summed E-state index contributed by atoms with van der Waals surface area (Å²) in [7, 11) is 3.19. The first kappa shape index (κ1) is 26.2. The van der Waals surface area contributed by atoms with Crippen LogP contribution in [0, 0.1) is 12.7 Å². The van der Waals surface area contributed by atoms with Gasteiger partial charge in [0.1, 0.15) is 5.82 Å². The van der Waals surface area contributed by atoms with Gasteiger partial charge in [-0.1, -0.05) is 29.8 Å². The van der Waals surface area contributed by atoms with E-state index in [4.69, 9.17) is 9.47 Å². The van der Waals surface area contributed by atoms with Crippen molar-refractivity contribution in [1.29, 1.82) is 0 Å². The van der Waals surface area contributed by atoms with Crippen molar-refractivity contribution in [3.8, 4) is 11.5 Å². The Morgan fingerprint density at radius 2 is 1.46 bits per heavy atom. The van der Waals surface area contributed by atoms with Crippen LogP contribution in [0.1, 0.15) is 21.5 Å². The SMILES string of the molecule is COc1cc2ncc(C(=O)c3ccc(C)cc3)c(N3CCN(c4ccc(F)cc4)CC3)c2cc1OC.Cl. The smallest absolute Gasteiger partial charge is 0.196 e. The van der Waals surface area contributed by atoms with Crippen molar-refractivity contribution >= 4 is 40.5 Å². The van der Waals surface area contributed by atoms with E-state index in [0.29, 0.717) is 35.7 Å². The number of aromatic nitrogens is 1. The predicted molar refractivity (Wildman–Crippen MR) is 148 cm³/mol. The summed E-state index contributed by atoms with van der Waals surface area (Å²) in [4.78, 5) is 22.8. The highest BCUT2D eigenvalue weighted by Gasteiger charge is 2.26. The van der Waals surface area contributed by atoms with Gasteiger partial charge in [-0.05, 0) is 37.3 Å². The fraction of sp³-hybridized carbons (Fsp3) is 0.241. The number of piperazine rings is 1. The monoisotopic (exact) mass is 521 g/mol. The van der Waals surface area contributed by atoms with Gasteiger partial charge in [-0.2, -0.15) is 0 Å². The molecule has 0 atom stereocenters. The summed E-state index contributed by atoms with van der Waals surface area (Å²) in [5, 5.41) is 0.834. The van der Waals surface area contributed by atoms with Gasteiger partial charge in [-0.15, -0.1) is 12.4 Å². The lowest BCUT2D eigenvalue weighted by Gasteiger charge is -2.38. The first-order chi connectivity index (χ1) is 17.5. The molecular formula is C29H29ClFN3O3. The molecule has 1 saturated heterocycles. The van der Waals surface area contributed by atoms with Crippen molar-refractivity contribution in [3.63, 3.8) is 0 Å². The number of carbonyl (C=O) groups excluding carboxylic acids is 1. The third-order valence-corrected chi connectivity index (χ3v) is 6.69. The third kappa shape index (κ3) is 5.18. The number of methoxy groups -OCH3 is 2. The van der Waals surface area contributed by atoms with E-state index in [2.05, 4.69) is 14.8 Å². The zero-order chi connectivity index (χ0) is 25.2. The zero-order valence-electron chi connectivity index (χ0n) is 21.0. The van der Waals surface area contributed by atoms with E-state index >= 15 is 0 Å². The van der Waals surface area contributed by atoms with Gasteiger partial charge in [-0.3, -0.25) is 9.78 Å². The van der Waals surface area contributed by atoms with Crippen LogP contribution in [0.25, 0.3) is 10.9 Å². The largest absolute Gasteiger partial charge is 0.493 e. The second kappa shape index (κ2) is 11.0. The minimum absolute atomic E-state index is 0. The maximum Gasteiger partial charge on any atom is 0.196 e. The van der Waals surface area contributed by atoms with Crippen molar-refractivity contribution in [1.82, 2.24) is 4.98 Å². The number of rotatable bonds is 6. The van der Waals surface area contributed by atoms with Crippen LogP contribution in [-0.2, 0) is 0 Å². The molecule has 0 amide bonds. The molecular weight excluding hydrogens is 493 g/mol. The van der Waals surface area contributed by atoms with Crippen LogP contribution in [0.15, 0.2) is 66.9 Å². The molecule has 0 N–H and O–H groups in total. The third-order valence-electron chi connectivity index (χ3n) is 6.69. The number of nitrogens with zero attached hydrogens (tertiary/aromatic N) is 3. The summed E-state index contributed by atoms with van der Waals surface area (Å²) in [5.41, 5.74) is 4.81. The van der Waals surface area contributed by atoms with Gasteiger partial charge in [0.2, 0.25) is 0 Å². The van der Waals surface area contributed by atoms with Gasteiger partial charge in [-0.25, -0.2) is 4.39 Å². The van der Waals surface area contributed by atoms with Crippen molar-refractivity contribution < 1.29 is 18.7 Å². The fourth-order valence-electron chi connectivity index (χ4n) is 4.71. The number of halogens is 2. The number of pyridine rings is 1. The number of carbonyl (C=O) groups is 1. The van der Waals surface area contributed by atoms with E-state index in [-0.39, 0.29) is 24.0 Å². The molecule has 1 aliphatic heterocycles. The van der Waals surface area contributed by atoms with E-state index < -0.39 is 0 Å². The van der Waals surface area contributed by atoms with E-state index in [0.717, 1.165) is 40.9 Å². The molecule has 0 spiro atoms. The van der Waals surface area contributed by atoms with Crippen molar-refractivity contribution in [2.24, 2.45) is 0 Å². The summed E-state index contributed by atoms with van der Waals surface area (Å²) in [6.07, 6.45) is 1.66. The molecule has 0 unspecified atom stereocenters. The lowest BCUT2D eigenvalue weighted by molar-refractivity contribution is 0.103. The molecule has 1 aliphatic rings. The molecule has 1 fully saturated rings. The van der Waals surface area contributed by atoms with Gasteiger partial charge >= 0.3 is 0 Å². The highest BCUT2D eigenvalue weighted by Crippen LogP contribution is 2.38. The summed E-state index contributed by atoms with van der Waals surface area (Å²) in [5.74, 6) is 0.847. The molecule has 0 aliphatic carbocycles. The number of ketones is 1. The molecule has 6 nitrogen and oxygen atoms in total. The molecule has 5 rings (SSSR count). The number of ether oxygens (including phenoxy) is 2. The minimum atomic E-state index is -0.246. The average molecular weight is 522 g/mol. The summed E-state index contributed by atoms with van der Waals surface area (Å²) in [6, 6.07) is 17.9. The molecule has 8 heteroatoms. The van der Waals surface area contributed by atoms with E-state index in [1.165, 1.54) is 12.1 Å². The standard InChI is InChI=1S/C29H28FN3O3.ClH/c1-19-4-6-20(7-5-19)29(34)24-18-31-25-17-27(36-3)26(35-2)16-23(25)28(24)33-14-12-32(13-15-33)22-10-8-21(30)9-11-22;/h4-11,16-18H,12-15H2,1-3H3;1H. The van der Waals surface area contributed by atoms with Crippen LogP contribution in [0.3, 0.4) is 0 Å².